The van der Waals surface area contributed by atoms with E-state index in [-0.39, 0.29) is 17.8 Å². The number of rotatable bonds is 2. The van der Waals surface area contributed by atoms with E-state index in [0.29, 0.717) is 17.3 Å². The van der Waals surface area contributed by atoms with Gasteiger partial charge < -0.3 is 10.3 Å². The van der Waals surface area contributed by atoms with Crippen molar-refractivity contribution in [3.63, 3.8) is 0 Å². The van der Waals surface area contributed by atoms with Gasteiger partial charge in [0.25, 0.3) is 0 Å². The van der Waals surface area contributed by atoms with Gasteiger partial charge in [-0.2, -0.15) is 4.98 Å². The smallest absolute Gasteiger partial charge is 0.231 e. The van der Waals surface area contributed by atoms with E-state index in [1.54, 1.807) is 19.1 Å². The summed E-state index contributed by atoms with van der Waals surface area (Å²) in [6.07, 6.45) is 4.30. The van der Waals surface area contributed by atoms with Crippen LogP contribution in [0.5, 0.6) is 0 Å². The van der Waals surface area contributed by atoms with Gasteiger partial charge in [0, 0.05) is 11.6 Å². The van der Waals surface area contributed by atoms with Gasteiger partial charge in [-0.05, 0) is 43.5 Å². The molecule has 1 aliphatic rings. The molecule has 5 heteroatoms. The largest absolute Gasteiger partial charge is 0.339 e. The van der Waals surface area contributed by atoms with Crippen LogP contribution < -0.4 is 5.73 Å². The summed E-state index contributed by atoms with van der Waals surface area (Å²) in [6, 6.07) is 4.90. The first-order valence-electron chi connectivity index (χ1n) is 7.01. The molecule has 0 saturated heterocycles. The molecule has 1 heterocycles. The van der Waals surface area contributed by atoms with Gasteiger partial charge in [-0.1, -0.05) is 18.0 Å². The van der Waals surface area contributed by atoms with Crippen LogP contribution in [0, 0.1) is 12.7 Å². The Morgan fingerprint density at radius 2 is 2.10 bits per heavy atom. The summed E-state index contributed by atoms with van der Waals surface area (Å²) in [5, 5.41) is 4.00. The maximum atomic E-state index is 13.3. The molecule has 0 aliphatic heterocycles. The highest BCUT2D eigenvalue weighted by Crippen LogP contribution is 2.32. The standard InChI is InChI=1S/C15H18FN3O/c1-9-8-10(6-7-12(9)16)14-18-15(20-19-14)11-4-2-3-5-13(11)17/h6-8,11,13H,2-5,17H2,1H3. The van der Waals surface area contributed by atoms with E-state index in [0.717, 1.165) is 31.2 Å². The van der Waals surface area contributed by atoms with Crippen molar-refractivity contribution < 1.29 is 8.91 Å². The van der Waals surface area contributed by atoms with Crippen molar-refractivity contribution in [2.75, 3.05) is 0 Å². The number of aromatic nitrogens is 2. The first-order chi connectivity index (χ1) is 9.65. The van der Waals surface area contributed by atoms with Crippen molar-refractivity contribution in [3.8, 4) is 11.4 Å². The highest BCUT2D eigenvalue weighted by atomic mass is 19.1. The van der Waals surface area contributed by atoms with Crippen molar-refractivity contribution in [2.45, 2.75) is 44.6 Å². The van der Waals surface area contributed by atoms with Crippen LogP contribution in [-0.4, -0.2) is 16.2 Å². The fourth-order valence-electron chi connectivity index (χ4n) is 2.75. The van der Waals surface area contributed by atoms with E-state index in [1.165, 1.54) is 6.07 Å². The van der Waals surface area contributed by atoms with Crippen molar-refractivity contribution >= 4 is 0 Å². The number of aryl methyl sites for hydroxylation is 1. The fourth-order valence-corrected chi connectivity index (χ4v) is 2.75. The van der Waals surface area contributed by atoms with Gasteiger partial charge >= 0.3 is 0 Å². The maximum absolute atomic E-state index is 13.3. The molecule has 20 heavy (non-hydrogen) atoms. The molecule has 2 N–H and O–H groups in total. The lowest BCUT2D eigenvalue weighted by Gasteiger charge is -2.25. The van der Waals surface area contributed by atoms with Gasteiger partial charge in [0.1, 0.15) is 5.82 Å². The molecule has 3 rings (SSSR count). The molecular formula is C15H18FN3O. The Morgan fingerprint density at radius 1 is 1.30 bits per heavy atom. The number of halogens is 1. The Labute approximate surface area is 117 Å². The minimum atomic E-state index is -0.230. The average Bonchev–Trinajstić information content (AvgIpc) is 2.92. The Balaban J connectivity index is 1.87. The van der Waals surface area contributed by atoms with Gasteiger partial charge in [-0.25, -0.2) is 4.39 Å². The minimum absolute atomic E-state index is 0.0898. The lowest BCUT2D eigenvalue weighted by Crippen LogP contribution is -2.31. The molecule has 2 unspecified atom stereocenters. The lowest BCUT2D eigenvalue weighted by atomic mass is 9.85. The maximum Gasteiger partial charge on any atom is 0.231 e. The summed E-state index contributed by atoms with van der Waals surface area (Å²) in [7, 11) is 0. The quantitative estimate of drug-likeness (QED) is 0.914. The van der Waals surface area contributed by atoms with Crippen LogP contribution in [0.1, 0.15) is 43.1 Å². The van der Waals surface area contributed by atoms with Crippen LogP contribution in [0.2, 0.25) is 0 Å². The third-order valence-electron chi connectivity index (χ3n) is 3.99. The molecule has 4 nitrogen and oxygen atoms in total. The summed E-state index contributed by atoms with van der Waals surface area (Å²) < 4.78 is 18.6. The predicted octanol–water partition coefficient (Wildman–Crippen LogP) is 3.17. The summed E-state index contributed by atoms with van der Waals surface area (Å²) in [5.41, 5.74) is 7.46. The van der Waals surface area contributed by atoms with Crippen molar-refractivity contribution in [2.24, 2.45) is 5.73 Å². The van der Waals surface area contributed by atoms with E-state index in [2.05, 4.69) is 10.1 Å². The van der Waals surface area contributed by atoms with Gasteiger partial charge in [0.2, 0.25) is 11.7 Å². The Kier molecular flexibility index (Phi) is 3.53. The van der Waals surface area contributed by atoms with E-state index in [1.807, 2.05) is 0 Å². The molecule has 2 atom stereocenters. The molecule has 1 fully saturated rings. The van der Waals surface area contributed by atoms with Crippen LogP contribution >= 0.6 is 0 Å². The fraction of sp³-hybridized carbons (Fsp3) is 0.467. The number of hydrogen-bond acceptors (Lipinski definition) is 4. The molecule has 2 aromatic rings. The normalized spacial score (nSPS) is 22.9. The average molecular weight is 275 g/mol. The Bertz CT molecular complexity index is 611. The van der Waals surface area contributed by atoms with E-state index >= 15 is 0 Å². The second-order valence-corrected chi connectivity index (χ2v) is 5.47. The van der Waals surface area contributed by atoms with Crippen LogP contribution in [-0.2, 0) is 0 Å². The zero-order valence-electron chi connectivity index (χ0n) is 11.5. The molecule has 1 aliphatic carbocycles. The first-order valence-corrected chi connectivity index (χ1v) is 7.01. The number of nitrogens with two attached hydrogens (primary N) is 1. The summed E-state index contributed by atoms with van der Waals surface area (Å²) in [6.45, 7) is 1.72. The molecular weight excluding hydrogens is 257 g/mol. The number of benzene rings is 1. The third kappa shape index (κ3) is 2.45. The molecule has 1 aromatic heterocycles. The number of hydrogen-bond donors (Lipinski definition) is 1. The molecule has 0 bridgehead atoms. The van der Waals surface area contributed by atoms with E-state index in [4.69, 9.17) is 10.3 Å². The topological polar surface area (TPSA) is 64.9 Å². The van der Waals surface area contributed by atoms with Crippen molar-refractivity contribution in [1.29, 1.82) is 0 Å². The van der Waals surface area contributed by atoms with Crippen LogP contribution in [0.3, 0.4) is 0 Å². The van der Waals surface area contributed by atoms with Gasteiger partial charge in [0.15, 0.2) is 0 Å². The zero-order valence-corrected chi connectivity index (χ0v) is 11.5. The zero-order chi connectivity index (χ0) is 14.1. The molecule has 0 radical (unpaired) electrons. The predicted molar refractivity (Wildman–Crippen MR) is 73.6 cm³/mol. The van der Waals surface area contributed by atoms with Crippen molar-refractivity contribution in [3.05, 3.63) is 35.5 Å². The Hall–Kier alpha value is -1.75. The highest BCUT2D eigenvalue weighted by Gasteiger charge is 2.28. The summed E-state index contributed by atoms with van der Waals surface area (Å²) in [4.78, 5) is 4.45. The molecule has 106 valence electrons. The summed E-state index contributed by atoms with van der Waals surface area (Å²) in [5.74, 6) is 1.02. The minimum Gasteiger partial charge on any atom is -0.339 e. The van der Waals surface area contributed by atoms with Gasteiger partial charge in [-0.15, -0.1) is 0 Å². The van der Waals surface area contributed by atoms with Crippen molar-refractivity contribution in [1.82, 2.24) is 10.1 Å². The lowest BCUT2D eigenvalue weighted by molar-refractivity contribution is 0.290. The van der Waals surface area contributed by atoms with Crippen LogP contribution in [0.25, 0.3) is 11.4 Å². The second-order valence-electron chi connectivity index (χ2n) is 5.47. The Morgan fingerprint density at radius 3 is 2.85 bits per heavy atom. The number of nitrogens with zero attached hydrogens (tertiary/aromatic N) is 2. The molecule has 0 amide bonds. The summed E-state index contributed by atoms with van der Waals surface area (Å²) >= 11 is 0. The highest BCUT2D eigenvalue weighted by molar-refractivity contribution is 5.55. The SMILES string of the molecule is Cc1cc(-c2noc(C3CCCCC3N)n2)ccc1F. The molecule has 0 spiro atoms. The van der Waals surface area contributed by atoms with Crippen LogP contribution in [0.4, 0.5) is 4.39 Å². The van der Waals surface area contributed by atoms with Gasteiger partial charge in [0.05, 0.1) is 5.92 Å². The molecule has 1 aromatic carbocycles. The van der Waals surface area contributed by atoms with E-state index < -0.39 is 0 Å². The first kappa shape index (κ1) is 13.2. The van der Waals surface area contributed by atoms with Crippen LogP contribution in [0.15, 0.2) is 22.7 Å². The van der Waals surface area contributed by atoms with Gasteiger partial charge in [-0.3, -0.25) is 0 Å². The monoisotopic (exact) mass is 275 g/mol. The second kappa shape index (κ2) is 5.32. The van der Waals surface area contributed by atoms with E-state index in [9.17, 15) is 4.39 Å². The third-order valence-corrected chi connectivity index (χ3v) is 3.99. The molecule has 1 saturated carbocycles.